The Morgan fingerprint density at radius 1 is 0.882 bits per heavy atom. The maximum absolute atomic E-state index is 10.8. The first-order valence-corrected chi connectivity index (χ1v) is 11.8. The second-order valence-electron chi connectivity index (χ2n) is 9.04. The molecule has 0 aliphatic carbocycles. The number of aromatic amines is 1. The van der Waals surface area contributed by atoms with Crippen LogP contribution < -0.4 is 5.32 Å². The predicted molar refractivity (Wildman–Crippen MR) is 131 cm³/mol. The average molecular weight is 456 g/mol. The molecule has 2 aromatic heterocycles. The van der Waals surface area contributed by atoms with Crippen molar-refractivity contribution in [3.05, 3.63) is 71.2 Å². The highest BCUT2D eigenvalue weighted by Crippen LogP contribution is 2.34. The summed E-state index contributed by atoms with van der Waals surface area (Å²) in [7, 11) is 0. The average Bonchev–Trinajstić information content (AvgIpc) is 3.36. The van der Waals surface area contributed by atoms with Crippen LogP contribution in [0.15, 0.2) is 48.5 Å². The summed E-state index contributed by atoms with van der Waals surface area (Å²) in [6.45, 7) is 4.15. The van der Waals surface area contributed by atoms with Crippen LogP contribution >= 0.6 is 0 Å². The van der Waals surface area contributed by atoms with E-state index in [1.54, 1.807) is 0 Å². The van der Waals surface area contributed by atoms with Gasteiger partial charge in [-0.3, -0.25) is 0 Å². The number of aliphatic hydroxyl groups is 1. The lowest BCUT2D eigenvalue weighted by molar-refractivity contribution is 0.141. The van der Waals surface area contributed by atoms with Crippen LogP contribution in [0.3, 0.4) is 0 Å². The molecule has 0 spiro atoms. The molecule has 3 N–H and O–H groups in total. The van der Waals surface area contributed by atoms with Crippen molar-refractivity contribution in [2.75, 3.05) is 5.32 Å². The van der Waals surface area contributed by atoms with Gasteiger partial charge in [0.25, 0.3) is 0 Å². The molecule has 0 saturated heterocycles. The van der Waals surface area contributed by atoms with Crippen LogP contribution in [0.1, 0.15) is 41.9 Å². The highest BCUT2D eigenvalue weighted by molar-refractivity contribution is 5.79. The number of aliphatic hydroxyl groups excluding tert-OH is 1. The molecule has 1 aliphatic rings. The lowest BCUT2D eigenvalue weighted by Gasteiger charge is -2.31. The molecule has 0 fully saturated rings. The van der Waals surface area contributed by atoms with Gasteiger partial charge in [0.05, 0.1) is 29.2 Å². The number of H-pyrrole nitrogens is 1. The SMILES string of the molecule is Cc1ccc(-c2nc3c(nc2-c2ccc(C)cc2)NC(CCCCc2nn[nH]n2)C(O)C3)cc1. The van der Waals surface area contributed by atoms with E-state index in [1.165, 1.54) is 11.1 Å². The van der Waals surface area contributed by atoms with Gasteiger partial charge in [-0.05, 0) is 26.7 Å². The third kappa shape index (κ3) is 4.82. The molecule has 2 unspecified atom stereocenters. The fourth-order valence-corrected chi connectivity index (χ4v) is 4.37. The molecule has 8 heteroatoms. The minimum Gasteiger partial charge on any atom is -0.391 e. The number of hydrogen-bond donors (Lipinski definition) is 3. The van der Waals surface area contributed by atoms with Crippen LogP contribution in [-0.4, -0.2) is 47.8 Å². The third-order valence-electron chi connectivity index (χ3n) is 6.36. The molecule has 2 aromatic carbocycles. The zero-order chi connectivity index (χ0) is 23.5. The number of aryl methyl sites for hydroxylation is 3. The number of nitrogens with one attached hydrogen (secondary N) is 2. The van der Waals surface area contributed by atoms with Crippen molar-refractivity contribution in [3.63, 3.8) is 0 Å². The Hall–Kier alpha value is -3.65. The highest BCUT2D eigenvalue weighted by atomic mass is 16.3. The topological polar surface area (TPSA) is 112 Å². The minimum atomic E-state index is -0.511. The standard InChI is InChI=1S/C26H29N7O/c1-16-7-11-18(12-8-16)24-25(19-13-9-17(2)10-14-19)29-26-21(27-24)15-22(34)20(28-26)5-3-4-6-23-30-32-33-31-23/h7-14,20,22,34H,3-6,15H2,1-2H3,(H,28,29)(H,30,31,32,33). The quantitative estimate of drug-likeness (QED) is 0.360. The van der Waals surface area contributed by atoms with Crippen molar-refractivity contribution in [2.45, 2.75) is 58.1 Å². The Labute approximate surface area is 198 Å². The van der Waals surface area contributed by atoms with Gasteiger partial charge < -0.3 is 10.4 Å². The molecule has 3 heterocycles. The lowest BCUT2D eigenvalue weighted by Crippen LogP contribution is -2.40. The van der Waals surface area contributed by atoms with Crippen molar-refractivity contribution in [3.8, 4) is 22.5 Å². The summed E-state index contributed by atoms with van der Waals surface area (Å²) in [5.41, 5.74) is 6.95. The van der Waals surface area contributed by atoms with E-state index in [1.807, 2.05) is 0 Å². The normalized spacial score (nSPS) is 17.3. The van der Waals surface area contributed by atoms with Crippen LogP contribution in [0.2, 0.25) is 0 Å². The van der Waals surface area contributed by atoms with Gasteiger partial charge >= 0.3 is 0 Å². The smallest absolute Gasteiger partial charge is 0.174 e. The fourth-order valence-electron chi connectivity index (χ4n) is 4.37. The van der Waals surface area contributed by atoms with Crippen molar-refractivity contribution in [2.24, 2.45) is 0 Å². The van der Waals surface area contributed by atoms with Crippen LogP contribution in [0, 0.1) is 13.8 Å². The van der Waals surface area contributed by atoms with E-state index < -0.39 is 6.10 Å². The number of tetrazole rings is 1. The molecule has 0 radical (unpaired) electrons. The van der Waals surface area contributed by atoms with Gasteiger partial charge in [0, 0.05) is 24.0 Å². The Morgan fingerprint density at radius 2 is 1.53 bits per heavy atom. The Kier molecular flexibility index (Phi) is 6.31. The predicted octanol–water partition coefficient (Wildman–Crippen LogP) is 4.05. The van der Waals surface area contributed by atoms with E-state index in [-0.39, 0.29) is 6.04 Å². The van der Waals surface area contributed by atoms with Gasteiger partial charge in [0.2, 0.25) is 0 Å². The van der Waals surface area contributed by atoms with Gasteiger partial charge in [-0.2, -0.15) is 5.21 Å². The Balaban J connectivity index is 1.41. The van der Waals surface area contributed by atoms with Gasteiger partial charge in [-0.1, -0.05) is 71.3 Å². The zero-order valence-corrected chi connectivity index (χ0v) is 19.5. The maximum atomic E-state index is 10.8. The van der Waals surface area contributed by atoms with Crippen LogP contribution in [0.25, 0.3) is 22.5 Å². The molecule has 5 rings (SSSR count). The first kappa shape index (κ1) is 22.2. The number of fused-ring (bicyclic) bond motifs is 1. The van der Waals surface area contributed by atoms with Crippen LogP contribution in [0.5, 0.6) is 0 Å². The lowest BCUT2D eigenvalue weighted by atomic mass is 9.95. The number of nitrogens with zero attached hydrogens (tertiary/aromatic N) is 5. The summed E-state index contributed by atoms with van der Waals surface area (Å²) in [4.78, 5) is 10.1. The third-order valence-corrected chi connectivity index (χ3v) is 6.36. The van der Waals surface area contributed by atoms with Gasteiger partial charge in [-0.15, -0.1) is 10.2 Å². The minimum absolute atomic E-state index is 0.0665. The summed E-state index contributed by atoms with van der Waals surface area (Å²) in [6, 6.07) is 16.7. The molecule has 0 amide bonds. The van der Waals surface area contributed by atoms with Gasteiger partial charge in [-0.25, -0.2) is 9.97 Å². The number of aromatic nitrogens is 6. The van der Waals surface area contributed by atoms with Crippen LogP contribution in [0.4, 0.5) is 5.82 Å². The number of unbranched alkanes of at least 4 members (excludes halogenated alkanes) is 1. The van der Waals surface area contributed by atoms with E-state index in [0.29, 0.717) is 6.42 Å². The van der Waals surface area contributed by atoms with Gasteiger partial charge in [0.1, 0.15) is 5.82 Å². The van der Waals surface area contributed by atoms with E-state index in [0.717, 1.165) is 65.5 Å². The molecule has 0 bridgehead atoms. The molecule has 0 saturated carbocycles. The number of hydrogen-bond acceptors (Lipinski definition) is 7. The van der Waals surface area contributed by atoms with Crippen molar-refractivity contribution >= 4 is 5.82 Å². The van der Waals surface area contributed by atoms with E-state index in [4.69, 9.17) is 9.97 Å². The van der Waals surface area contributed by atoms with Gasteiger partial charge in [0.15, 0.2) is 5.82 Å². The second-order valence-corrected chi connectivity index (χ2v) is 9.04. The molecule has 34 heavy (non-hydrogen) atoms. The number of rotatable bonds is 7. The largest absolute Gasteiger partial charge is 0.391 e. The molecular weight excluding hydrogens is 426 g/mol. The Bertz CT molecular complexity index is 1240. The summed E-state index contributed by atoms with van der Waals surface area (Å²) >= 11 is 0. The number of anilines is 1. The van der Waals surface area contributed by atoms with E-state index >= 15 is 0 Å². The first-order valence-electron chi connectivity index (χ1n) is 11.8. The van der Waals surface area contributed by atoms with Crippen molar-refractivity contribution in [1.29, 1.82) is 0 Å². The molecule has 1 aliphatic heterocycles. The van der Waals surface area contributed by atoms with E-state index in [9.17, 15) is 5.11 Å². The monoisotopic (exact) mass is 455 g/mol. The number of benzene rings is 2. The summed E-state index contributed by atoms with van der Waals surface area (Å²) in [5, 5.41) is 28.4. The van der Waals surface area contributed by atoms with Crippen molar-refractivity contribution < 1.29 is 5.11 Å². The van der Waals surface area contributed by atoms with E-state index in [2.05, 4.69) is 88.3 Å². The molecule has 174 valence electrons. The fraction of sp³-hybridized carbons (Fsp3) is 0.346. The second kappa shape index (κ2) is 9.69. The molecular formula is C26H29N7O. The molecule has 4 aromatic rings. The highest BCUT2D eigenvalue weighted by Gasteiger charge is 2.29. The summed E-state index contributed by atoms with van der Waals surface area (Å²) in [6.07, 6.45) is 3.45. The summed E-state index contributed by atoms with van der Waals surface area (Å²) < 4.78 is 0. The first-order chi connectivity index (χ1) is 16.6. The Morgan fingerprint density at radius 3 is 2.15 bits per heavy atom. The van der Waals surface area contributed by atoms with Crippen molar-refractivity contribution in [1.82, 2.24) is 30.6 Å². The molecule has 2 atom stereocenters. The maximum Gasteiger partial charge on any atom is 0.174 e. The summed E-state index contributed by atoms with van der Waals surface area (Å²) in [5.74, 6) is 1.49. The van der Waals surface area contributed by atoms with Crippen LogP contribution in [-0.2, 0) is 12.8 Å². The molecule has 8 nitrogen and oxygen atoms in total. The zero-order valence-electron chi connectivity index (χ0n) is 19.5.